The molecule has 1 heterocycles. The molecular weight excluding hydrogens is 188 g/mol. The Bertz CT molecular complexity index is 300. The maximum Gasteiger partial charge on any atom is 0.313 e. The zero-order valence-electron chi connectivity index (χ0n) is 9.71. The number of rotatable bonds is 0. The maximum atomic E-state index is 12.1. The molecule has 1 aliphatic heterocycles. The zero-order chi connectivity index (χ0) is 10.7. The summed E-state index contributed by atoms with van der Waals surface area (Å²) in [6, 6.07) is 0. The Labute approximate surface area is 91.4 Å². The van der Waals surface area contributed by atoms with Gasteiger partial charge in [0.25, 0.3) is 0 Å². The normalized spacial score (nSPS) is 47.2. The van der Waals surface area contributed by atoms with Gasteiger partial charge in [-0.15, -0.1) is 0 Å². The SMILES string of the molecule is CC1(C)CC2(CC3CCC2CC3)C(=O)O1. The fraction of sp³-hybridized carbons (Fsp3) is 0.923. The Kier molecular flexibility index (Phi) is 1.79. The minimum atomic E-state index is -0.214. The maximum absolute atomic E-state index is 12.1. The Hall–Kier alpha value is -0.530. The van der Waals surface area contributed by atoms with E-state index >= 15 is 0 Å². The molecule has 3 saturated carbocycles. The van der Waals surface area contributed by atoms with Crippen molar-refractivity contribution >= 4 is 5.97 Å². The van der Waals surface area contributed by atoms with Gasteiger partial charge in [-0.05, 0) is 44.9 Å². The highest BCUT2D eigenvalue weighted by Crippen LogP contribution is 2.59. The van der Waals surface area contributed by atoms with Crippen molar-refractivity contribution in [1.82, 2.24) is 0 Å². The molecule has 2 heteroatoms. The van der Waals surface area contributed by atoms with Crippen LogP contribution in [0.25, 0.3) is 0 Å². The first-order valence-electron chi connectivity index (χ1n) is 6.25. The van der Waals surface area contributed by atoms with Crippen molar-refractivity contribution in [2.75, 3.05) is 0 Å². The monoisotopic (exact) mass is 208 g/mol. The molecule has 2 nitrogen and oxygen atoms in total. The highest BCUT2D eigenvalue weighted by Gasteiger charge is 2.60. The number of fused-ring (bicyclic) bond motifs is 2. The van der Waals surface area contributed by atoms with E-state index in [9.17, 15) is 4.79 Å². The van der Waals surface area contributed by atoms with Gasteiger partial charge in [-0.3, -0.25) is 4.79 Å². The van der Waals surface area contributed by atoms with Crippen molar-refractivity contribution in [3.63, 3.8) is 0 Å². The summed E-state index contributed by atoms with van der Waals surface area (Å²) in [6.07, 6.45) is 7.28. The third kappa shape index (κ3) is 1.26. The van der Waals surface area contributed by atoms with Crippen LogP contribution in [0.4, 0.5) is 0 Å². The van der Waals surface area contributed by atoms with Crippen molar-refractivity contribution in [2.24, 2.45) is 17.3 Å². The Morgan fingerprint density at radius 2 is 1.87 bits per heavy atom. The summed E-state index contributed by atoms with van der Waals surface area (Å²) in [7, 11) is 0. The zero-order valence-corrected chi connectivity index (χ0v) is 9.71. The van der Waals surface area contributed by atoms with E-state index in [1.54, 1.807) is 0 Å². The second-order valence-electron chi connectivity index (χ2n) is 6.40. The first-order chi connectivity index (χ1) is 7.02. The van der Waals surface area contributed by atoms with Gasteiger partial charge in [0.05, 0.1) is 5.41 Å². The van der Waals surface area contributed by atoms with Crippen molar-refractivity contribution in [2.45, 2.75) is 58.0 Å². The van der Waals surface area contributed by atoms with Gasteiger partial charge < -0.3 is 4.74 Å². The molecule has 0 aromatic heterocycles. The van der Waals surface area contributed by atoms with Crippen molar-refractivity contribution in [1.29, 1.82) is 0 Å². The first-order valence-corrected chi connectivity index (χ1v) is 6.25. The minimum Gasteiger partial charge on any atom is -0.459 e. The lowest BCUT2D eigenvalue weighted by Gasteiger charge is -2.47. The van der Waals surface area contributed by atoms with E-state index in [4.69, 9.17) is 4.74 Å². The quantitative estimate of drug-likeness (QED) is 0.572. The third-order valence-corrected chi connectivity index (χ3v) is 4.80. The van der Waals surface area contributed by atoms with Crippen molar-refractivity contribution < 1.29 is 9.53 Å². The fourth-order valence-electron chi connectivity index (χ4n) is 4.29. The van der Waals surface area contributed by atoms with Gasteiger partial charge in [0.1, 0.15) is 5.60 Å². The molecule has 84 valence electrons. The minimum absolute atomic E-state index is 0.0787. The van der Waals surface area contributed by atoms with Gasteiger partial charge in [-0.1, -0.05) is 12.8 Å². The largest absolute Gasteiger partial charge is 0.459 e. The van der Waals surface area contributed by atoms with Gasteiger partial charge >= 0.3 is 5.97 Å². The van der Waals surface area contributed by atoms with Crippen LogP contribution in [0.1, 0.15) is 52.4 Å². The van der Waals surface area contributed by atoms with Crippen LogP contribution in [0.3, 0.4) is 0 Å². The van der Waals surface area contributed by atoms with Crippen LogP contribution in [-0.2, 0) is 9.53 Å². The summed E-state index contributed by atoms with van der Waals surface area (Å²) in [5, 5.41) is 0. The second kappa shape index (κ2) is 2.78. The number of carbonyl (C=O) groups is 1. The molecule has 4 fully saturated rings. The van der Waals surface area contributed by atoms with Crippen LogP contribution in [0.15, 0.2) is 0 Å². The summed E-state index contributed by atoms with van der Waals surface area (Å²) in [4.78, 5) is 12.1. The molecule has 2 bridgehead atoms. The predicted molar refractivity (Wildman–Crippen MR) is 57.3 cm³/mol. The summed E-state index contributed by atoms with van der Waals surface area (Å²) in [6.45, 7) is 4.11. The lowest BCUT2D eigenvalue weighted by Crippen LogP contribution is -2.45. The van der Waals surface area contributed by atoms with Gasteiger partial charge in [0, 0.05) is 6.42 Å². The van der Waals surface area contributed by atoms with Crippen LogP contribution in [0.5, 0.6) is 0 Å². The van der Waals surface area contributed by atoms with Gasteiger partial charge in [0.15, 0.2) is 0 Å². The molecule has 4 aliphatic rings. The average Bonchev–Trinajstić information content (AvgIpc) is 2.38. The summed E-state index contributed by atoms with van der Waals surface area (Å²) in [5.41, 5.74) is -0.292. The van der Waals surface area contributed by atoms with E-state index in [-0.39, 0.29) is 17.0 Å². The third-order valence-electron chi connectivity index (χ3n) is 4.80. The van der Waals surface area contributed by atoms with Crippen LogP contribution < -0.4 is 0 Å². The van der Waals surface area contributed by atoms with E-state index in [1.165, 1.54) is 25.7 Å². The lowest BCUT2D eigenvalue weighted by molar-refractivity contribution is -0.158. The molecule has 4 rings (SSSR count). The van der Waals surface area contributed by atoms with E-state index in [2.05, 4.69) is 13.8 Å². The number of hydrogen-bond acceptors (Lipinski definition) is 2. The van der Waals surface area contributed by atoms with Gasteiger partial charge in [-0.2, -0.15) is 0 Å². The molecule has 15 heavy (non-hydrogen) atoms. The molecule has 0 aromatic carbocycles. The lowest BCUT2D eigenvalue weighted by atomic mass is 9.54. The predicted octanol–water partition coefficient (Wildman–Crippen LogP) is 2.91. The Morgan fingerprint density at radius 1 is 1.20 bits per heavy atom. The van der Waals surface area contributed by atoms with Crippen molar-refractivity contribution in [3.8, 4) is 0 Å². The molecule has 3 aliphatic carbocycles. The number of esters is 1. The second-order valence-corrected chi connectivity index (χ2v) is 6.40. The molecule has 0 N–H and O–H groups in total. The standard InChI is InChI=1S/C13H20O2/c1-12(2)8-13(11(14)15-12)7-9-3-5-10(13)6-4-9/h9-10H,3-8H2,1-2H3. The molecule has 0 amide bonds. The number of carbonyl (C=O) groups excluding carboxylic acids is 1. The molecule has 1 spiro atoms. The number of ether oxygens (including phenoxy) is 1. The molecule has 0 aromatic rings. The first kappa shape index (κ1) is 9.68. The summed E-state index contributed by atoms with van der Waals surface area (Å²) < 4.78 is 5.56. The highest BCUT2D eigenvalue weighted by atomic mass is 16.6. The smallest absolute Gasteiger partial charge is 0.313 e. The number of hydrogen-bond donors (Lipinski definition) is 0. The van der Waals surface area contributed by atoms with E-state index in [0.29, 0.717) is 5.92 Å². The van der Waals surface area contributed by atoms with Crippen LogP contribution >= 0.6 is 0 Å². The average molecular weight is 208 g/mol. The highest BCUT2D eigenvalue weighted by molar-refractivity contribution is 5.80. The molecular formula is C13H20O2. The van der Waals surface area contributed by atoms with Crippen LogP contribution in [0, 0.1) is 17.3 Å². The van der Waals surface area contributed by atoms with E-state index in [1.807, 2.05) is 0 Å². The molecule has 1 saturated heterocycles. The summed E-state index contributed by atoms with van der Waals surface area (Å²) >= 11 is 0. The number of cyclic esters (lactones) is 1. The van der Waals surface area contributed by atoms with Crippen LogP contribution in [-0.4, -0.2) is 11.6 Å². The fourth-order valence-corrected chi connectivity index (χ4v) is 4.29. The molecule has 1 unspecified atom stereocenters. The Balaban J connectivity index is 1.94. The van der Waals surface area contributed by atoms with E-state index in [0.717, 1.165) is 18.8 Å². The summed E-state index contributed by atoms with van der Waals surface area (Å²) in [5.74, 6) is 1.54. The van der Waals surface area contributed by atoms with Gasteiger partial charge in [0.2, 0.25) is 0 Å². The van der Waals surface area contributed by atoms with Crippen LogP contribution in [0.2, 0.25) is 0 Å². The Morgan fingerprint density at radius 3 is 2.27 bits per heavy atom. The molecule has 1 atom stereocenters. The topological polar surface area (TPSA) is 26.3 Å². The van der Waals surface area contributed by atoms with E-state index < -0.39 is 0 Å². The van der Waals surface area contributed by atoms with Crippen molar-refractivity contribution in [3.05, 3.63) is 0 Å². The molecule has 0 radical (unpaired) electrons. The van der Waals surface area contributed by atoms with Gasteiger partial charge in [-0.25, -0.2) is 0 Å².